The maximum Gasteiger partial charge on any atom is 0.105 e. The van der Waals surface area contributed by atoms with Crippen molar-refractivity contribution in [2.24, 2.45) is 0 Å². The summed E-state index contributed by atoms with van der Waals surface area (Å²) in [5.41, 5.74) is 6.07. The average molecular weight is 312 g/mol. The van der Waals surface area contributed by atoms with Gasteiger partial charge in [-0.2, -0.15) is 8.75 Å². The van der Waals surface area contributed by atoms with Gasteiger partial charge in [0.2, 0.25) is 0 Å². The van der Waals surface area contributed by atoms with E-state index >= 15 is 0 Å². The number of hydrogen-bond acceptors (Lipinski definition) is 6. The number of aromatic nitrogens is 3. The lowest BCUT2D eigenvalue weighted by atomic mass is 10.2. The minimum atomic E-state index is 0.933. The predicted octanol–water partition coefficient (Wildman–Crippen LogP) is 4.24. The summed E-state index contributed by atoms with van der Waals surface area (Å²) < 4.78 is 9.83. The van der Waals surface area contributed by atoms with Crippen LogP contribution in [0, 0.1) is 13.8 Å². The Kier molecular flexibility index (Phi) is 2.87. The molecule has 104 valence electrons. The van der Waals surface area contributed by atoms with Crippen molar-refractivity contribution in [1.29, 1.82) is 0 Å². The summed E-state index contributed by atoms with van der Waals surface area (Å²) in [7, 11) is 0. The van der Waals surface area contributed by atoms with Crippen LogP contribution in [0.2, 0.25) is 0 Å². The van der Waals surface area contributed by atoms with Gasteiger partial charge in [-0.25, -0.2) is 4.98 Å². The number of allylic oxidation sites excluding steroid dienone is 1. The summed E-state index contributed by atoms with van der Waals surface area (Å²) in [6, 6.07) is 4.10. The van der Waals surface area contributed by atoms with Crippen LogP contribution in [0.5, 0.6) is 0 Å². The summed E-state index contributed by atoms with van der Waals surface area (Å²) in [4.78, 5) is 5.85. The SMILES string of the molecule is Cc1nsc2c1N/C(=C/c1ccc3snc(C)c3n1)C=C2. The van der Waals surface area contributed by atoms with E-state index in [1.54, 1.807) is 0 Å². The van der Waals surface area contributed by atoms with Gasteiger partial charge in [-0.05, 0) is 67.3 Å². The van der Waals surface area contributed by atoms with Crippen molar-refractivity contribution >= 4 is 51.1 Å². The zero-order chi connectivity index (χ0) is 14.4. The van der Waals surface area contributed by atoms with Crippen molar-refractivity contribution in [3.8, 4) is 0 Å². The number of fused-ring (bicyclic) bond motifs is 2. The molecule has 3 aromatic rings. The van der Waals surface area contributed by atoms with Crippen molar-refractivity contribution in [2.45, 2.75) is 13.8 Å². The highest BCUT2D eigenvalue weighted by Gasteiger charge is 2.13. The Balaban J connectivity index is 1.73. The molecule has 0 aliphatic carbocycles. The second-order valence-corrected chi connectivity index (χ2v) is 6.53. The van der Waals surface area contributed by atoms with Crippen LogP contribution in [0.25, 0.3) is 22.4 Å². The van der Waals surface area contributed by atoms with Crippen LogP contribution in [-0.4, -0.2) is 13.7 Å². The molecule has 1 aliphatic rings. The first-order chi connectivity index (χ1) is 10.2. The van der Waals surface area contributed by atoms with Crippen LogP contribution >= 0.6 is 23.1 Å². The van der Waals surface area contributed by atoms with Crippen LogP contribution in [0.15, 0.2) is 23.9 Å². The lowest BCUT2D eigenvalue weighted by Crippen LogP contribution is -2.02. The van der Waals surface area contributed by atoms with Gasteiger partial charge in [0.05, 0.1) is 32.3 Å². The van der Waals surface area contributed by atoms with Gasteiger partial charge in [0.15, 0.2) is 0 Å². The highest BCUT2D eigenvalue weighted by molar-refractivity contribution is 7.13. The second-order valence-electron chi connectivity index (χ2n) is 4.92. The molecule has 4 rings (SSSR count). The van der Waals surface area contributed by atoms with Gasteiger partial charge in [0.25, 0.3) is 0 Å². The number of pyridine rings is 1. The van der Waals surface area contributed by atoms with E-state index in [2.05, 4.69) is 37.3 Å². The maximum atomic E-state index is 4.68. The molecule has 4 nitrogen and oxygen atoms in total. The van der Waals surface area contributed by atoms with Gasteiger partial charge in [0.1, 0.15) is 5.52 Å². The third-order valence-corrected chi connectivity index (χ3v) is 5.17. The molecule has 0 fully saturated rings. The third-order valence-electron chi connectivity index (χ3n) is 3.38. The van der Waals surface area contributed by atoms with E-state index in [4.69, 9.17) is 0 Å². The zero-order valence-corrected chi connectivity index (χ0v) is 13.2. The van der Waals surface area contributed by atoms with Gasteiger partial charge in [-0.1, -0.05) is 0 Å². The van der Waals surface area contributed by atoms with Crippen LogP contribution in [0.4, 0.5) is 5.69 Å². The first-order valence-corrected chi connectivity index (χ1v) is 8.11. The average Bonchev–Trinajstić information content (AvgIpc) is 3.04. The lowest BCUT2D eigenvalue weighted by molar-refractivity contribution is 1.29. The Bertz CT molecular complexity index is 902. The van der Waals surface area contributed by atoms with E-state index < -0.39 is 0 Å². The smallest absolute Gasteiger partial charge is 0.105 e. The van der Waals surface area contributed by atoms with E-state index in [0.29, 0.717) is 0 Å². The molecule has 21 heavy (non-hydrogen) atoms. The van der Waals surface area contributed by atoms with Crippen molar-refractivity contribution in [2.75, 3.05) is 5.32 Å². The van der Waals surface area contributed by atoms with Crippen LogP contribution in [-0.2, 0) is 0 Å². The minimum Gasteiger partial charge on any atom is -0.353 e. The van der Waals surface area contributed by atoms with Gasteiger partial charge in [0, 0.05) is 5.70 Å². The fourth-order valence-electron chi connectivity index (χ4n) is 2.28. The Morgan fingerprint density at radius 3 is 2.81 bits per heavy atom. The molecule has 0 amide bonds. The minimum absolute atomic E-state index is 0.933. The van der Waals surface area contributed by atoms with Crippen molar-refractivity contribution in [1.82, 2.24) is 13.7 Å². The molecule has 0 aromatic carbocycles. The van der Waals surface area contributed by atoms with E-state index in [9.17, 15) is 0 Å². The van der Waals surface area contributed by atoms with Gasteiger partial charge < -0.3 is 5.32 Å². The van der Waals surface area contributed by atoms with E-state index in [1.165, 1.54) is 27.9 Å². The van der Waals surface area contributed by atoms with Gasteiger partial charge >= 0.3 is 0 Å². The molecule has 1 aliphatic heterocycles. The molecular weight excluding hydrogens is 300 g/mol. The highest BCUT2D eigenvalue weighted by Crippen LogP contribution is 2.31. The largest absolute Gasteiger partial charge is 0.353 e. The third kappa shape index (κ3) is 2.16. The van der Waals surface area contributed by atoms with Crippen molar-refractivity contribution < 1.29 is 0 Å². The first-order valence-electron chi connectivity index (χ1n) is 6.57. The molecule has 0 unspecified atom stereocenters. The number of nitrogens with zero attached hydrogens (tertiary/aromatic N) is 3. The van der Waals surface area contributed by atoms with Crippen LogP contribution in [0.3, 0.4) is 0 Å². The Hall–Kier alpha value is -2.05. The number of aryl methyl sites for hydroxylation is 2. The molecule has 6 heteroatoms. The summed E-state index contributed by atoms with van der Waals surface area (Å²) in [5, 5.41) is 3.42. The summed E-state index contributed by atoms with van der Waals surface area (Å²) >= 11 is 3.01. The fourth-order valence-corrected chi connectivity index (χ4v) is 3.76. The van der Waals surface area contributed by atoms with Gasteiger partial charge in [-0.3, -0.25) is 0 Å². The lowest BCUT2D eigenvalue weighted by Gasteiger charge is -2.12. The monoisotopic (exact) mass is 312 g/mol. The molecule has 0 spiro atoms. The topological polar surface area (TPSA) is 50.7 Å². The second kappa shape index (κ2) is 4.75. The summed E-state index contributed by atoms with van der Waals surface area (Å²) in [6.07, 6.45) is 6.20. The molecule has 0 radical (unpaired) electrons. The highest BCUT2D eigenvalue weighted by atomic mass is 32.1. The molecule has 0 saturated heterocycles. The van der Waals surface area contributed by atoms with Gasteiger partial charge in [-0.15, -0.1) is 0 Å². The Labute approximate surface area is 130 Å². The summed E-state index contributed by atoms with van der Waals surface area (Å²) in [6.45, 7) is 4.01. The fraction of sp³-hybridized carbons (Fsp3) is 0.133. The van der Waals surface area contributed by atoms with Crippen LogP contribution < -0.4 is 5.32 Å². The number of anilines is 1. The molecule has 0 atom stereocenters. The van der Waals surface area contributed by atoms with E-state index in [1.807, 2.05) is 26.0 Å². The number of rotatable bonds is 1. The zero-order valence-electron chi connectivity index (χ0n) is 11.5. The molecule has 3 aromatic heterocycles. The Morgan fingerprint density at radius 1 is 1.05 bits per heavy atom. The maximum absolute atomic E-state index is 4.68. The van der Waals surface area contributed by atoms with E-state index in [-0.39, 0.29) is 0 Å². The molecule has 4 heterocycles. The molecule has 1 N–H and O–H groups in total. The molecule has 0 bridgehead atoms. The quantitative estimate of drug-likeness (QED) is 0.730. The number of hydrogen-bond donors (Lipinski definition) is 1. The Morgan fingerprint density at radius 2 is 1.90 bits per heavy atom. The van der Waals surface area contributed by atoms with Crippen molar-refractivity contribution in [3.63, 3.8) is 0 Å². The first kappa shape index (κ1) is 12.7. The molecular formula is C15H12N4S2. The normalized spacial score (nSPS) is 15.4. The van der Waals surface area contributed by atoms with E-state index in [0.717, 1.165) is 38.7 Å². The van der Waals surface area contributed by atoms with Crippen LogP contribution in [0.1, 0.15) is 22.0 Å². The summed E-state index contributed by atoms with van der Waals surface area (Å²) in [5.74, 6) is 0. The number of nitrogens with one attached hydrogen (secondary N) is 1. The predicted molar refractivity (Wildman–Crippen MR) is 89.6 cm³/mol. The van der Waals surface area contributed by atoms with Crippen molar-refractivity contribution in [3.05, 3.63) is 45.9 Å². The molecule has 0 saturated carbocycles. The standard InChI is InChI=1S/C15H12N4S2/c1-8-14-12(20-18-8)5-3-10(16-14)7-11-4-6-13-15(17-11)9(2)19-21-13/h3-7,16H,1-2H3/b10-7+.